The molecule has 4 amide bonds. The fraction of sp³-hybridized carbons (Fsp3) is 0.722. The number of amides is 4. The fourth-order valence-corrected chi connectivity index (χ4v) is 2.40. The van der Waals surface area contributed by atoms with Crippen LogP contribution in [-0.2, 0) is 28.7 Å². The average molecular weight is 416 g/mol. The molecule has 0 radical (unpaired) electrons. The first kappa shape index (κ1) is 26.3. The number of hydrogen-bond donors (Lipinski definition) is 5. The maximum atomic E-state index is 11.5. The normalized spacial score (nSPS) is 12.8. The highest BCUT2D eigenvalue weighted by Gasteiger charge is 2.24. The molecule has 1 saturated carbocycles. The Hall–Kier alpha value is -2.69. The molecule has 1 rings (SSSR count). The van der Waals surface area contributed by atoms with E-state index in [2.05, 4.69) is 21.3 Å². The Labute approximate surface area is 170 Å². The summed E-state index contributed by atoms with van der Waals surface area (Å²) >= 11 is 0. The monoisotopic (exact) mass is 416 g/mol. The fourth-order valence-electron chi connectivity index (χ4n) is 2.40. The molecule has 1 aliphatic carbocycles. The van der Waals surface area contributed by atoms with Crippen LogP contribution < -0.4 is 21.3 Å². The number of nitrogens with one attached hydrogen (secondary N) is 4. The third-order valence-electron chi connectivity index (χ3n) is 4.08. The van der Waals surface area contributed by atoms with Crippen LogP contribution >= 0.6 is 0 Å². The summed E-state index contributed by atoms with van der Waals surface area (Å²) in [4.78, 5) is 54.7. The molecule has 0 saturated heterocycles. The van der Waals surface area contributed by atoms with Crippen molar-refractivity contribution in [2.45, 2.75) is 38.5 Å². The highest BCUT2D eigenvalue weighted by atomic mass is 16.5. The second-order valence-electron chi connectivity index (χ2n) is 6.29. The van der Waals surface area contributed by atoms with Crippen LogP contribution in [0.5, 0.6) is 0 Å². The molecule has 0 aromatic heterocycles. The molecule has 166 valence electrons. The van der Waals surface area contributed by atoms with Gasteiger partial charge < -0.3 is 31.1 Å². The molecule has 0 aromatic carbocycles. The zero-order chi connectivity index (χ0) is 22.1. The third kappa shape index (κ3) is 14.0. The zero-order valence-electron chi connectivity index (χ0n) is 17.0. The minimum Gasteiger partial charge on any atom is -0.455 e. The molecule has 11 nitrogen and oxygen atoms in total. The third-order valence-corrected chi connectivity index (χ3v) is 4.08. The van der Waals surface area contributed by atoms with E-state index >= 15 is 0 Å². The number of carbonyl (C=O) groups is 5. The van der Waals surface area contributed by atoms with Crippen LogP contribution in [0, 0.1) is 5.92 Å². The Morgan fingerprint density at radius 1 is 0.828 bits per heavy atom. The summed E-state index contributed by atoms with van der Waals surface area (Å²) in [5, 5.41) is 18.0. The maximum Gasteiger partial charge on any atom is 0.309 e. The summed E-state index contributed by atoms with van der Waals surface area (Å²) in [7, 11) is 3.06. The zero-order valence-corrected chi connectivity index (χ0v) is 17.0. The van der Waals surface area contributed by atoms with E-state index < -0.39 is 12.5 Å². The van der Waals surface area contributed by atoms with Crippen LogP contribution in [0.4, 0.5) is 0 Å². The van der Waals surface area contributed by atoms with Crippen LogP contribution in [0.2, 0.25) is 0 Å². The van der Waals surface area contributed by atoms with Gasteiger partial charge in [-0.05, 0) is 12.8 Å². The standard InChI is InChI=1S/C12H20N2O4.C6H12N2O3/c1-13-10(15)6-7-14-11(16)8-18-12(17)9-4-2-3-5-9;1-7-5(10)2-3-8-6(11)4-9/h9H,2-8H2,1H3,(H,13,15)(H,14,16);9H,2-4H2,1H3,(H,7,10)(H,8,11). The van der Waals surface area contributed by atoms with Gasteiger partial charge in [0.2, 0.25) is 17.7 Å². The second-order valence-corrected chi connectivity index (χ2v) is 6.29. The van der Waals surface area contributed by atoms with Gasteiger partial charge in [0.05, 0.1) is 5.92 Å². The topological polar surface area (TPSA) is 163 Å². The van der Waals surface area contributed by atoms with Crippen molar-refractivity contribution in [3.8, 4) is 0 Å². The largest absolute Gasteiger partial charge is 0.455 e. The predicted octanol–water partition coefficient (Wildman–Crippen LogP) is -1.80. The number of rotatable bonds is 10. The summed E-state index contributed by atoms with van der Waals surface area (Å²) in [6.45, 7) is -0.282. The van der Waals surface area contributed by atoms with Crippen molar-refractivity contribution in [1.29, 1.82) is 0 Å². The Balaban J connectivity index is 0.000000614. The molecular weight excluding hydrogens is 384 g/mol. The molecule has 0 aliphatic heterocycles. The summed E-state index contributed by atoms with van der Waals surface area (Å²) in [6, 6.07) is 0. The molecule has 29 heavy (non-hydrogen) atoms. The lowest BCUT2D eigenvalue weighted by Crippen LogP contribution is -2.33. The molecule has 11 heteroatoms. The Morgan fingerprint density at radius 3 is 1.76 bits per heavy atom. The van der Waals surface area contributed by atoms with Crippen molar-refractivity contribution in [2.24, 2.45) is 5.92 Å². The van der Waals surface area contributed by atoms with E-state index in [4.69, 9.17) is 9.84 Å². The van der Waals surface area contributed by atoms with Crippen LogP contribution in [0.25, 0.3) is 0 Å². The van der Waals surface area contributed by atoms with E-state index in [0.29, 0.717) is 0 Å². The molecule has 0 bridgehead atoms. The molecule has 0 heterocycles. The highest BCUT2D eigenvalue weighted by Crippen LogP contribution is 2.25. The summed E-state index contributed by atoms with van der Waals surface area (Å²) < 4.78 is 4.92. The van der Waals surface area contributed by atoms with E-state index in [0.717, 1.165) is 25.7 Å². The molecule has 1 fully saturated rings. The number of aliphatic hydroxyl groups is 1. The summed E-state index contributed by atoms with van der Waals surface area (Å²) in [6.07, 6.45) is 4.28. The Morgan fingerprint density at radius 2 is 1.31 bits per heavy atom. The van der Waals surface area contributed by atoms with E-state index in [-0.39, 0.29) is 62.1 Å². The van der Waals surface area contributed by atoms with Crippen molar-refractivity contribution in [3.63, 3.8) is 0 Å². The van der Waals surface area contributed by atoms with E-state index in [1.807, 2.05) is 0 Å². The SMILES string of the molecule is CNC(=O)CCNC(=O)CO.CNC(=O)CCNC(=O)COC(=O)C1CCCC1. The van der Waals surface area contributed by atoms with Gasteiger partial charge in [-0.3, -0.25) is 24.0 Å². The molecule has 5 N–H and O–H groups in total. The van der Waals surface area contributed by atoms with Crippen molar-refractivity contribution < 1.29 is 33.8 Å². The van der Waals surface area contributed by atoms with Gasteiger partial charge in [-0.25, -0.2) is 0 Å². The molecule has 0 unspecified atom stereocenters. The van der Waals surface area contributed by atoms with Gasteiger partial charge in [-0.2, -0.15) is 0 Å². The number of ether oxygens (including phenoxy) is 1. The summed E-state index contributed by atoms with van der Waals surface area (Å²) in [5.74, 6) is -1.43. The lowest BCUT2D eigenvalue weighted by Gasteiger charge is -2.09. The first-order valence-corrected chi connectivity index (χ1v) is 9.56. The lowest BCUT2D eigenvalue weighted by atomic mass is 10.1. The Kier molecular flexibility index (Phi) is 14.8. The average Bonchev–Trinajstić information content (AvgIpc) is 3.26. The molecule has 0 spiro atoms. The van der Waals surface area contributed by atoms with Crippen LogP contribution in [0.1, 0.15) is 38.5 Å². The predicted molar refractivity (Wildman–Crippen MR) is 103 cm³/mol. The highest BCUT2D eigenvalue weighted by molar-refractivity contribution is 5.82. The minimum absolute atomic E-state index is 0.0383. The molecular formula is C18H32N4O7. The van der Waals surface area contributed by atoms with Crippen LogP contribution in [0.3, 0.4) is 0 Å². The molecule has 0 aromatic rings. The van der Waals surface area contributed by atoms with E-state index in [1.54, 1.807) is 0 Å². The van der Waals surface area contributed by atoms with Gasteiger partial charge in [0.1, 0.15) is 6.61 Å². The molecule has 0 atom stereocenters. The second kappa shape index (κ2) is 16.3. The summed E-state index contributed by atoms with van der Waals surface area (Å²) in [5.41, 5.74) is 0. The van der Waals surface area contributed by atoms with Crippen LogP contribution in [0.15, 0.2) is 0 Å². The van der Waals surface area contributed by atoms with Gasteiger partial charge in [-0.1, -0.05) is 12.8 Å². The first-order valence-electron chi connectivity index (χ1n) is 9.56. The number of hydrogen-bond acceptors (Lipinski definition) is 7. The number of aliphatic hydroxyl groups excluding tert-OH is 1. The van der Waals surface area contributed by atoms with Gasteiger partial charge >= 0.3 is 5.97 Å². The van der Waals surface area contributed by atoms with E-state index in [9.17, 15) is 24.0 Å². The van der Waals surface area contributed by atoms with Gasteiger partial charge in [-0.15, -0.1) is 0 Å². The van der Waals surface area contributed by atoms with Gasteiger partial charge in [0.15, 0.2) is 6.61 Å². The van der Waals surface area contributed by atoms with E-state index in [1.165, 1.54) is 14.1 Å². The molecule has 1 aliphatic rings. The van der Waals surface area contributed by atoms with Crippen molar-refractivity contribution >= 4 is 29.6 Å². The smallest absolute Gasteiger partial charge is 0.309 e. The maximum absolute atomic E-state index is 11.5. The number of esters is 1. The first-order chi connectivity index (χ1) is 13.8. The minimum atomic E-state index is -0.534. The van der Waals surface area contributed by atoms with Crippen LogP contribution in [-0.4, -0.2) is 75.1 Å². The Bertz CT molecular complexity index is 532. The van der Waals surface area contributed by atoms with Crippen molar-refractivity contribution in [3.05, 3.63) is 0 Å². The van der Waals surface area contributed by atoms with Gasteiger partial charge in [0, 0.05) is 40.0 Å². The lowest BCUT2D eigenvalue weighted by molar-refractivity contribution is -0.152. The number of carbonyl (C=O) groups excluding carboxylic acids is 5. The van der Waals surface area contributed by atoms with Crippen molar-refractivity contribution in [2.75, 3.05) is 40.4 Å². The quantitative estimate of drug-likeness (QED) is 0.262. The van der Waals surface area contributed by atoms with Gasteiger partial charge in [0.25, 0.3) is 5.91 Å². The van der Waals surface area contributed by atoms with Crippen molar-refractivity contribution in [1.82, 2.24) is 21.3 Å².